The molecule has 0 atom stereocenters. The fraction of sp³-hybridized carbons (Fsp3) is 0.400. The van der Waals surface area contributed by atoms with Gasteiger partial charge < -0.3 is 5.32 Å². The van der Waals surface area contributed by atoms with Crippen molar-refractivity contribution in [1.82, 2.24) is 0 Å². The van der Waals surface area contributed by atoms with E-state index < -0.39 is 10.0 Å². The van der Waals surface area contributed by atoms with Gasteiger partial charge in [-0.1, -0.05) is 0 Å². The Morgan fingerprint density at radius 1 is 1.13 bits per heavy atom. The summed E-state index contributed by atoms with van der Waals surface area (Å²) >= 11 is 0. The maximum atomic E-state index is 10.9. The minimum atomic E-state index is -3.17. The minimum absolute atomic E-state index is 0.596. The van der Waals surface area contributed by atoms with Crippen LogP contribution in [0.4, 0.5) is 11.4 Å². The molecule has 0 amide bonds. The summed E-state index contributed by atoms with van der Waals surface area (Å²) in [6.07, 6.45) is 3.59. The third-order valence-electron chi connectivity index (χ3n) is 2.14. The third kappa shape index (κ3) is 3.43. The molecule has 1 aliphatic rings. The Bertz CT molecular complexity index is 435. The molecule has 0 aliphatic heterocycles. The lowest BCUT2D eigenvalue weighted by atomic mass is 10.3. The first-order valence-electron chi connectivity index (χ1n) is 4.87. The molecule has 15 heavy (non-hydrogen) atoms. The second kappa shape index (κ2) is 3.73. The summed E-state index contributed by atoms with van der Waals surface area (Å²) in [5.74, 6) is 0. The van der Waals surface area contributed by atoms with Crippen molar-refractivity contribution in [3.63, 3.8) is 0 Å². The van der Waals surface area contributed by atoms with Crippen molar-refractivity contribution in [3.05, 3.63) is 24.3 Å². The number of benzene rings is 1. The average molecular weight is 226 g/mol. The SMILES string of the molecule is CS(=O)(=O)Nc1ccc(NC2CC2)cc1. The molecular weight excluding hydrogens is 212 g/mol. The highest BCUT2D eigenvalue weighted by molar-refractivity contribution is 7.92. The predicted octanol–water partition coefficient (Wildman–Crippen LogP) is 1.63. The number of anilines is 2. The summed E-state index contributed by atoms with van der Waals surface area (Å²) in [7, 11) is -3.17. The molecular formula is C10H14N2O2S. The molecule has 1 aromatic carbocycles. The van der Waals surface area contributed by atoms with E-state index in [0.717, 1.165) is 11.9 Å². The Balaban J connectivity index is 2.02. The Morgan fingerprint density at radius 2 is 1.67 bits per heavy atom. The Labute approximate surface area is 89.7 Å². The van der Waals surface area contributed by atoms with Gasteiger partial charge in [0.05, 0.1) is 6.26 Å². The standard InChI is InChI=1S/C10H14N2O2S/c1-15(13,14)12-10-6-4-9(5-7-10)11-8-2-3-8/h4-8,11-12H,2-3H2,1H3. The van der Waals surface area contributed by atoms with Crippen molar-refractivity contribution in [3.8, 4) is 0 Å². The van der Waals surface area contributed by atoms with Crippen molar-refractivity contribution in [1.29, 1.82) is 0 Å². The molecule has 0 aromatic heterocycles. The molecule has 4 nitrogen and oxygen atoms in total. The lowest BCUT2D eigenvalue weighted by molar-refractivity contribution is 0.607. The van der Waals surface area contributed by atoms with Gasteiger partial charge in [0, 0.05) is 17.4 Å². The van der Waals surface area contributed by atoms with Gasteiger partial charge in [0.1, 0.15) is 0 Å². The van der Waals surface area contributed by atoms with Gasteiger partial charge in [-0.25, -0.2) is 8.42 Å². The van der Waals surface area contributed by atoms with Gasteiger partial charge in [0.2, 0.25) is 10.0 Å². The summed E-state index contributed by atoms with van der Waals surface area (Å²) < 4.78 is 24.3. The van der Waals surface area contributed by atoms with Crippen LogP contribution in [0.1, 0.15) is 12.8 Å². The number of rotatable bonds is 4. The van der Waals surface area contributed by atoms with Gasteiger partial charge >= 0.3 is 0 Å². The molecule has 0 bridgehead atoms. The van der Waals surface area contributed by atoms with Crippen molar-refractivity contribution < 1.29 is 8.42 Å². The maximum Gasteiger partial charge on any atom is 0.229 e. The van der Waals surface area contributed by atoms with Crippen LogP contribution in [0.5, 0.6) is 0 Å². The summed E-state index contributed by atoms with van der Waals surface area (Å²) in [5, 5.41) is 3.33. The second-order valence-corrected chi connectivity index (χ2v) is 5.62. The van der Waals surface area contributed by atoms with Gasteiger partial charge in [0.25, 0.3) is 0 Å². The van der Waals surface area contributed by atoms with Crippen molar-refractivity contribution in [2.75, 3.05) is 16.3 Å². The van der Waals surface area contributed by atoms with Gasteiger partial charge in [0.15, 0.2) is 0 Å². The molecule has 1 aromatic rings. The third-order valence-corrected chi connectivity index (χ3v) is 2.74. The molecule has 82 valence electrons. The highest BCUT2D eigenvalue weighted by Gasteiger charge is 2.20. The molecule has 0 heterocycles. The largest absolute Gasteiger partial charge is 0.382 e. The zero-order valence-corrected chi connectivity index (χ0v) is 9.34. The van der Waals surface area contributed by atoms with E-state index in [1.54, 1.807) is 12.1 Å². The van der Waals surface area contributed by atoms with E-state index in [-0.39, 0.29) is 0 Å². The van der Waals surface area contributed by atoms with E-state index >= 15 is 0 Å². The van der Waals surface area contributed by atoms with Crippen LogP contribution in [-0.4, -0.2) is 20.7 Å². The highest BCUT2D eigenvalue weighted by Crippen LogP contribution is 2.25. The van der Waals surface area contributed by atoms with E-state index in [2.05, 4.69) is 10.0 Å². The first-order valence-corrected chi connectivity index (χ1v) is 6.76. The fourth-order valence-corrected chi connectivity index (χ4v) is 1.88. The van der Waals surface area contributed by atoms with Crippen LogP contribution in [0.3, 0.4) is 0 Å². The number of hydrogen-bond donors (Lipinski definition) is 2. The van der Waals surface area contributed by atoms with E-state index in [0.29, 0.717) is 11.7 Å². The van der Waals surface area contributed by atoms with Gasteiger partial charge in [-0.15, -0.1) is 0 Å². The summed E-state index contributed by atoms with van der Waals surface area (Å²) in [6, 6.07) is 7.88. The summed E-state index contributed by atoms with van der Waals surface area (Å²) in [4.78, 5) is 0. The molecule has 5 heteroatoms. The number of hydrogen-bond acceptors (Lipinski definition) is 3. The normalized spacial score (nSPS) is 16.1. The maximum absolute atomic E-state index is 10.9. The Morgan fingerprint density at radius 3 is 2.13 bits per heavy atom. The predicted molar refractivity (Wildman–Crippen MR) is 61.6 cm³/mol. The van der Waals surface area contributed by atoms with Crippen LogP contribution < -0.4 is 10.0 Å². The van der Waals surface area contributed by atoms with Crippen LogP contribution >= 0.6 is 0 Å². The van der Waals surface area contributed by atoms with Crippen molar-refractivity contribution >= 4 is 21.4 Å². The topological polar surface area (TPSA) is 58.2 Å². The molecule has 2 N–H and O–H groups in total. The summed E-state index contributed by atoms with van der Waals surface area (Å²) in [5.41, 5.74) is 1.63. The lowest BCUT2D eigenvalue weighted by Crippen LogP contribution is -2.09. The minimum Gasteiger partial charge on any atom is -0.382 e. The van der Waals surface area contributed by atoms with E-state index in [9.17, 15) is 8.42 Å². The van der Waals surface area contributed by atoms with Gasteiger partial charge in [-0.2, -0.15) is 0 Å². The number of sulfonamides is 1. The molecule has 1 saturated carbocycles. The Hall–Kier alpha value is -1.23. The molecule has 1 fully saturated rings. The highest BCUT2D eigenvalue weighted by atomic mass is 32.2. The smallest absolute Gasteiger partial charge is 0.229 e. The second-order valence-electron chi connectivity index (χ2n) is 3.87. The van der Waals surface area contributed by atoms with Gasteiger partial charge in [-0.05, 0) is 37.1 Å². The first kappa shape index (κ1) is 10.3. The van der Waals surface area contributed by atoms with Crippen LogP contribution in [0.25, 0.3) is 0 Å². The molecule has 0 unspecified atom stereocenters. The van der Waals surface area contributed by atoms with E-state index in [4.69, 9.17) is 0 Å². The number of nitrogens with one attached hydrogen (secondary N) is 2. The quantitative estimate of drug-likeness (QED) is 0.820. The van der Waals surface area contributed by atoms with Gasteiger partial charge in [-0.3, -0.25) is 4.72 Å². The zero-order valence-electron chi connectivity index (χ0n) is 8.53. The Kier molecular flexibility index (Phi) is 2.56. The lowest BCUT2D eigenvalue weighted by Gasteiger charge is -2.06. The zero-order chi connectivity index (χ0) is 10.9. The molecule has 0 saturated heterocycles. The van der Waals surface area contributed by atoms with Crippen LogP contribution in [0.15, 0.2) is 24.3 Å². The molecule has 0 spiro atoms. The average Bonchev–Trinajstić information content (AvgIpc) is 2.90. The van der Waals surface area contributed by atoms with Crippen LogP contribution in [0.2, 0.25) is 0 Å². The molecule has 0 radical (unpaired) electrons. The van der Waals surface area contributed by atoms with Crippen molar-refractivity contribution in [2.24, 2.45) is 0 Å². The van der Waals surface area contributed by atoms with Crippen LogP contribution in [-0.2, 0) is 10.0 Å². The molecule has 2 rings (SSSR count). The summed E-state index contributed by atoms with van der Waals surface area (Å²) in [6.45, 7) is 0. The fourth-order valence-electron chi connectivity index (χ4n) is 1.31. The first-order chi connectivity index (χ1) is 7.03. The molecule has 1 aliphatic carbocycles. The monoisotopic (exact) mass is 226 g/mol. The van der Waals surface area contributed by atoms with E-state index in [1.807, 2.05) is 12.1 Å². The van der Waals surface area contributed by atoms with Crippen LogP contribution in [0, 0.1) is 0 Å². The van der Waals surface area contributed by atoms with E-state index in [1.165, 1.54) is 12.8 Å². The van der Waals surface area contributed by atoms with Crippen molar-refractivity contribution in [2.45, 2.75) is 18.9 Å².